The van der Waals surface area contributed by atoms with Crippen molar-refractivity contribution < 1.29 is 0 Å². The summed E-state index contributed by atoms with van der Waals surface area (Å²) in [5.74, 6) is 0.658. The quantitative estimate of drug-likeness (QED) is 0.888. The van der Waals surface area contributed by atoms with E-state index in [2.05, 4.69) is 54.0 Å². The van der Waals surface area contributed by atoms with Crippen LogP contribution >= 0.6 is 15.9 Å². The van der Waals surface area contributed by atoms with E-state index in [1.54, 1.807) is 0 Å². The maximum Gasteiger partial charge on any atom is 0.0175 e. The molecule has 0 aromatic heterocycles. The Morgan fingerprint density at radius 1 is 1.25 bits per heavy atom. The minimum atomic E-state index is 0.341. The molecule has 16 heavy (non-hydrogen) atoms. The predicted molar refractivity (Wildman–Crippen MR) is 72.5 cm³/mol. The fraction of sp³-hybridized carbons (Fsp3) is 0.571. The van der Waals surface area contributed by atoms with Crippen LogP contribution in [0.2, 0.25) is 0 Å². The van der Waals surface area contributed by atoms with E-state index < -0.39 is 0 Å². The predicted octanol–water partition coefficient (Wildman–Crippen LogP) is 4.07. The molecule has 2 heteroatoms. The van der Waals surface area contributed by atoms with Crippen LogP contribution < -0.4 is 5.73 Å². The summed E-state index contributed by atoms with van der Waals surface area (Å²) >= 11 is 3.48. The maximum atomic E-state index is 6.23. The second kappa shape index (κ2) is 4.50. The molecule has 0 saturated heterocycles. The monoisotopic (exact) mass is 281 g/mol. The Labute approximate surface area is 107 Å². The largest absolute Gasteiger partial charge is 0.327 e. The molecule has 0 amide bonds. The maximum absolute atomic E-state index is 6.23. The molecule has 1 aromatic carbocycles. The Hall–Kier alpha value is -0.340. The highest BCUT2D eigenvalue weighted by molar-refractivity contribution is 9.10. The number of halogens is 1. The number of benzene rings is 1. The van der Waals surface area contributed by atoms with Gasteiger partial charge >= 0.3 is 0 Å². The fourth-order valence-electron chi connectivity index (χ4n) is 3.25. The van der Waals surface area contributed by atoms with Crippen molar-refractivity contribution in [2.75, 3.05) is 0 Å². The molecule has 2 N–H and O–H groups in total. The van der Waals surface area contributed by atoms with E-state index in [0.717, 1.165) is 10.9 Å². The second-order valence-electron chi connectivity index (χ2n) is 4.89. The molecule has 0 heterocycles. The average molecular weight is 282 g/mol. The number of rotatable bonds is 3. The molecule has 1 aliphatic rings. The summed E-state index contributed by atoms with van der Waals surface area (Å²) < 4.78 is 1.15. The van der Waals surface area contributed by atoms with Crippen LogP contribution in [0.5, 0.6) is 0 Å². The summed E-state index contributed by atoms with van der Waals surface area (Å²) in [5.41, 5.74) is 8.02. The fourth-order valence-corrected chi connectivity index (χ4v) is 3.52. The van der Waals surface area contributed by atoms with Gasteiger partial charge in [-0.2, -0.15) is 0 Å². The highest BCUT2D eigenvalue weighted by atomic mass is 79.9. The van der Waals surface area contributed by atoms with Gasteiger partial charge in [-0.05, 0) is 48.3 Å². The van der Waals surface area contributed by atoms with Crippen LogP contribution in [0.1, 0.15) is 44.6 Å². The van der Waals surface area contributed by atoms with E-state index in [9.17, 15) is 0 Å². The van der Waals surface area contributed by atoms with E-state index in [1.807, 2.05) is 0 Å². The first-order valence-electron chi connectivity index (χ1n) is 6.15. The Kier molecular flexibility index (Phi) is 3.41. The highest BCUT2D eigenvalue weighted by Crippen LogP contribution is 2.56. The first-order chi connectivity index (χ1) is 7.64. The highest BCUT2D eigenvalue weighted by Gasteiger charge is 2.50. The van der Waals surface area contributed by atoms with Crippen LogP contribution in [-0.2, 0) is 0 Å². The lowest BCUT2D eigenvalue weighted by Gasteiger charge is -2.55. The molecule has 2 rings (SSSR count). The van der Waals surface area contributed by atoms with Gasteiger partial charge < -0.3 is 5.73 Å². The van der Waals surface area contributed by atoms with Crippen molar-refractivity contribution in [3.05, 3.63) is 34.3 Å². The molecule has 88 valence electrons. The molecule has 1 saturated carbocycles. The van der Waals surface area contributed by atoms with Crippen LogP contribution in [0.15, 0.2) is 28.7 Å². The molecule has 0 radical (unpaired) electrons. The minimum absolute atomic E-state index is 0.341. The summed E-state index contributed by atoms with van der Waals surface area (Å²) in [6.07, 6.45) is 3.51. The Morgan fingerprint density at radius 2 is 1.81 bits per heavy atom. The lowest BCUT2D eigenvalue weighted by atomic mass is 9.52. The van der Waals surface area contributed by atoms with Crippen LogP contribution in [0.4, 0.5) is 0 Å². The smallest absolute Gasteiger partial charge is 0.0175 e. The molecule has 2 unspecified atom stereocenters. The topological polar surface area (TPSA) is 26.0 Å². The van der Waals surface area contributed by atoms with Gasteiger partial charge in [-0.1, -0.05) is 41.9 Å². The van der Waals surface area contributed by atoms with Gasteiger partial charge in [0, 0.05) is 10.5 Å². The lowest BCUT2D eigenvalue weighted by molar-refractivity contribution is 0.0438. The molecule has 0 aliphatic heterocycles. The molecule has 1 aliphatic carbocycles. The standard InChI is InChI=1S/C14H20BrN/c1-3-14(4-2)12(9-13(14)16)10-5-7-11(15)8-6-10/h5-8,12-13H,3-4,9,16H2,1-2H3. The molecular formula is C14H20BrN. The van der Waals surface area contributed by atoms with Crippen molar-refractivity contribution in [2.24, 2.45) is 11.1 Å². The first-order valence-corrected chi connectivity index (χ1v) is 6.94. The summed E-state index contributed by atoms with van der Waals surface area (Å²) in [7, 11) is 0. The number of hydrogen-bond donors (Lipinski definition) is 1. The summed E-state index contributed by atoms with van der Waals surface area (Å²) in [5, 5.41) is 0. The third-order valence-corrected chi connectivity index (χ3v) is 5.04. The van der Waals surface area contributed by atoms with Crippen molar-refractivity contribution in [1.82, 2.24) is 0 Å². The van der Waals surface area contributed by atoms with Gasteiger partial charge in [0.05, 0.1) is 0 Å². The number of hydrogen-bond acceptors (Lipinski definition) is 1. The molecule has 0 bridgehead atoms. The summed E-state index contributed by atoms with van der Waals surface area (Å²) in [4.78, 5) is 0. The SMILES string of the molecule is CCC1(CC)C(N)CC1c1ccc(Br)cc1. The minimum Gasteiger partial charge on any atom is -0.327 e. The van der Waals surface area contributed by atoms with Crippen LogP contribution in [0.3, 0.4) is 0 Å². The second-order valence-corrected chi connectivity index (χ2v) is 5.80. The lowest BCUT2D eigenvalue weighted by Crippen LogP contribution is -2.55. The van der Waals surface area contributed by atoms with Crippen molar-refractivity contribution in [1.29, 1.82) is 0 Å². The van der Waals surface area contributed by atoms with E-state index in [0.29, 0.717) is 17.4 Å². The Balaban J connectivity index is 2.26. The van der Waals surface area contributed by atoms with Gasteiger partial charge in [-0.25, -0.2) is 0 Å². The van der Waals surface area contributed by atoms with Gasteiger partial charge in [0.25, 0.3) is 0 Å². The van der Waals surface area contributed by atoms with Crippen molar-refractivity contribution in [3.63, 3.8) is 0 Å². The molecular weight excluding hydrogens is 262 g/mol. The van der Waals surface area contributed by atoms with Crippen molar-refractivity contribution in [3.8, 4) is 0 Å². The van der Waals surface area contributed by atoms with Crippen molar-refractivity contribution in [2.45, 2.75) is 45.1 Å². The van der Waals surface area contributed by atoms with E-state index in [4.69, 9.17) is 5.73 Å². The molecule has 1 nitrogen and oxygen atoms in total. The Bertz CT molecular complexity index is 354. The van der Waals surface area contributed by atoms with Gasteiger partial charge in [0.1, 0.15) is 0 Å². The van der Waals surface area contributed by atoms with Gasteiger partial charge in [0.2, 0.25) is 0 Å². The third kappa shape index (κ3) is 1.72. The summed E-state index contributed by atoms with van der Waals surface area (Å²) in [6.45, 7) is 4.54. The molecule has 2 atom stereocenters. The van der Waals surface area contributed by atoms with E-state index in [1.165, 1.54) is 18.4 Å². The zero-order valence-corrected chi connectivity index (χ0v) is 11.6. The van der Waals surface area contributed by atoms with E-state index in [-0.39, 0.29) is 0 Å². The number of nitrogens with two attached hydrogens (primary N) is 1. The van der Waals surface area contributed by atoms with Gasteiger partial charge in [-0.15, -0.1) is 0 Å². The summed E-state index contributed by atoms with van der Waals surface area (Å²) in [6, 6.07) is 9.13. The molecule has 1 fully saturated rings. The molecule has 1 aromatic rings. The van der Waals surface area contributed by atoms with Gasteiger partial charge in [0.15, 0.2) is 0 Å². The third-order valence-electron chi connectivity index (χ3n) is 4.51. The van der Waals surface area contributed by atoms with Crippen LogP contribution in [0.25, 0.3) is 0 Å². The van der Waals surface area contributed by atoms with Gasteiger partial charge in [-0.3, -0.25) is 0 Å². The average Bonchev–Trinajstić information content (AvgIpc) is 2.29. The zero-order chi connectivity index (χ0) is 11.8. The van der Waals surface area contributed by atoms with E-state index >= 15 is 0 Å². The van der Waals surface area contributed by atoms with Crippen LogP contribution in [-0.4, -0.2) is 6.04 Å². The molecule has 0 spiro atoms. The first kappa shape index (κ1) is 12.1. The normalized spacial score (nSPS) is 27.5. The van der Waals surface area contributed by atoms with Crippen LogP contribution in [0, 0.1) is 5.41 Å². The van der Waals surface area contributed by atoms with Crippen molar-refractivity contribution >= 4 is 15.9 Å². The Morgan fingerprint density at radius 3 is 2.25 bits per heavy atom. The zero-order valence-electron chi connectivity index (χ0n) is 10.0.